The topological polar surface area (TPSA) is 114 Å². The van der Waals surface area contributed by atoms with Crippen LogP contribution in [0.15, 0.2) is 58.3 Å². The molecule has 0 spiro atoms. The van der Waals surface area contributed by atoms with Gasteiger partial charge in [-0.1, -0.05) is 18.2 Å². The fourth-order valence-electron chi connectivity index (χ4n) is 3.45. The molecule has 0 saturated carbocycles. The Morgan fingerprint density at radius 2 is 1.48 bits per heavy atom. The monoisotopic (exact) mass is 497 g/mol. The highest BCUT2D eigenvalue weighted by atomic mass is 32.2. The Morgan fingerprint density at radius 1 is 0.879 bits per heavy atom. The van der Waals surface area contributed by atoms with E-state index >= 15 is 0 Å². The molecule has 0 unspecified atom stereocenters. The maximum atomic E-state index is 12.9. The van der Waals surface area contributed by atoms with Gasteiger partial charge in [0.25, 0.3) is 0 Å². The zero-order valence-corrected chi connectivity index (χ0v) is 20.3. The number of likely N-dealkylation sites (N-methyl/N-ethyl adjacent to an activating group) is 1. The van der Waals surface area contributed by atoms with Crippen molar-refractivity contribution in [1.29, 1.82) is 0 Å². The number of nitrogens with zero attached hydrogens (tertiary/aromatic N) is 3. The summed E-state index contributed by atoms with van der Waals surface area (Å²) >= 11 is 0. The van der Waals surface area contributed by atoms with Crippen molar-refractivity contribution >= 4 is 26.0 Å². The number of ether oxygens (including phenoxy) is 2. The van der Waals surface area contributed by atoms with Crippen molar-refractivity contribution in [3.05, 3.63) is 48.5 Å². The van der Waals surface area contributed by atoms with Gasteiger partial charge in [-0.05, 0) is 24.3 Å². The fraction of sp³-hybridized carbons (Fsp3) is 0.381. The van der Waals surface area contributed by atoms with Gasteiger partial charge in [-0.25, -0.2) is 16.8 Å². The van der Waals surface area contributed by atoms with E-state index in [-0.39, 0.29) is 48.3 Å². The van der Waals surface area contributed by atoms with Crippen molar-refractivity contribution in [2.45, 2.75) is 9.79 Å². The normalized spacial score (nSPS) is 15.5. The Hall–Kier alpha value is -2.67. The van der Waals surface area contributed by atoms with E-state index in [1.54, 1.807) is 18.2 Å². The number of carbonyl (C=O) groups excluding carboxylic acids is 1. The van der Waals surface area contributed by atoms with Gasteiger partial charge in [0.15, 0.2) is 11.5 Å². The number of hydrogen-bond acceptors (Lipinski definition) is 7. The summed E-state index contributed by atoms with van der Waals surface area (Å²) in [5.41, 5.74) is 0. The maximum absolute atomic E-state index is 12.9. The first-order chi connectivity index (χ1) is 15.6. The molecule has 0 aromatic heterocycles. The largest absolute Gasteiger partial charge is 0.493 e. The molecule has 10 nitrogen and oxygen atoms in total. The lowest BCUT2D eigenvalue weighted by Crippen LogP contribution is -2.52. The third-order valence-corrected chi connectivity index (χ3v) is 9.11. The molecule has 0 N–H and O–H groups in total. The summed E-state index contributed by atoms with van der Waals surface area (Å²) in [5, 5.41) is 0. The van der Waals surface area contributed by atoms with Crippen molar-refractivity contribution in [2.75, 3.05) is 54.0 Å². The van der Waals surface area contributed by atoms with Crippen LogP contribution in [-0.4, -0.2) is 90.2 Å². The Morgan fingerprint density at radius 3 is 2.06 bits per heavy atom. The third kappa shape index (κ3) is 5.29. The molecule has 3 rings (SSSR count). The summed E-state index contributed by atoms with van der Waals surface area (Å²) in [4.78, 5) is 14.4. The predicted molar refractivity (Wildman–Crippen MR) is 121 cm³/mol. The minimum atomic E-state index is -3.96. The molecular formula is C21H27N3O7S2. The first-order valence-corrected chi connectivity index (χ1v) is 13.0. The van der Waals surface area contributed by atoms with E-state index in [4.69, 9.17) is 9.47 Å². The summed E-state index contributed by atoms with van der Waals surface area (Å²) in [7, 11) is -3.43. The maximum Gasteiger partial charge on any atom is 0.243 e. The smallest absolute Gasteiger partial charge is 0.243 e. The second-order valence-electron chi connectivity index (χ2n) is 7.38. The lowest BCUT2D eigenvalue weighted by molar-refractivity contribution is -0.132. The van der Waals surface area contributed by atoms with Crippen molar-refractivity contribution in [1.82, 2.24) is 13.5 Å². The van der Waals surface area contributed by atoms with E-state index in [9.17, 15) is 21.6 Å². The van der Waals surface area contributed by atoms with E-state index in [0.717, 1.165) is 4.31 Å². The second-order valence-corrected chi connectivity index (χ2v) is 11.4. The molecule has 33 heavy (non-hydrogen) atoms. The van der Waals surface area contributed by atoms with Gasteiger partial charge in [0.05, 0.1) is 30.6 Å². The molecule has 0 atom stereocenters. The first kappa shape index (κ1) is 25.0. The van der Waals surface area contributed by atoms with Crippen molar-refractivity contribution in [3.8, 4) is 11.5 Å². The highest BCUT2D eigenvalue weighted by molar-refractivity contribution is 7.89. The summed E-state index contributed by atoms with van der Waals surface area (Å²) in [6.07, 6.45) is 0. The van der Waals surface area contributed by atoms with E-state index in [0.29, 0.717) is 5.75 Å². The quantitative estimate of drug-likeness (QED) is 0.531. The van der Waals surface area contributed by atoms with Gasteiger partial charge in [0.2, 0.25) is 26.0 Å². The molecule has 12 heteroatoms. The van der Waals surface area contributed by atoms with Crippen LogP contribution in [-0.2, 0) is 24.8 Å². The molecule has 2 aromatic carbocycles. The van der Waals surface area contributed by atoms with E-state index < -0.39 is 26.0 Å². The van der Waals surface area contributed by atoms with Crippen LogP contribution in [0.5, 0.6) is 11.5 Å². The zero-order chi connectivity index (χ0) is 24.2. The average Bonchev–Trinajstić information content (AvgIpc) is 2.84. The van der Waals surface area contributed by atoms with Gasteiger partial charge in [-0.3, -0.25) is 4.79 Å². The molecule has 0 aliphatic carbocycles. The summed E-state index contributed by atoms with van der Waals surface area (Å²) < 4.78 is 63.9. The van der Waals surface area contributed by atoms with E-state index in [2.05, 4.69) is 0 Å². The van der Waals surface area contributed by atoms with Crippen LogP contribution in [0.3, 0.4) is 0 Å². The van der Waals surface area contributed by atoms with Crippen molar-refractivity contribution in [3.63, 3.8) is 0 Å². The van der Waals surface area contributed by atoms with Gasteiger partial charge in [-0.15, -0.1) is 0 Å². The summed E-state index contributed by atoms with van der Waals surface area (Å²) in [6, 6.07) is 12.3. The molecule has 1 fully saturated rings. The lowest BCUT2D eigenvalue weighted by Gasteiger charge is -2.34. The van der Waals surface area contributed by atoms with Gasteiger partial charge < -0.3 is 14.4 Å². The van der Waals surface area contributed by atoms with E-state index in [1.807, 2.05) is 0 Å². The molecule has 180 valence electrons. The number of benzene rings is 2. The Balaban J connectivity index is 1.64. The average molecular weight is 498 g/mol. The van der Waals surface area contributed by atoms with E-state index in [1.165, 1.54) is 60.8 Å². The van der Waals surface area contributed by atoms with Crippen LogP contribution in [0.4, 0.5) is 0 Å². The molecule has 1 heterocycles. The SMILES string of the molecule is COc1ccc(S(=O)(=O)N(C)CC(=O)N2CCN(S(=O)(=O)c3ccccc3)CC2)cc1OC. The zero-order valence-electron chi connectivity index (χ0n) is 18.7. The molecule has 0 radical (unpaired) electrons. The minimum Gasteiger partial charge on any atom is -0.493 e. The number of hydrogen-bond donors (Lipinski definition) is 0. The molecule has 0 bridgehead atoms. The van der Waals surface area contributed by atoms with Crippen molar-refractivity contribution < 1.29 is 31.1 Å². The van der Waals surface area contributed by atoms with Gasteiger partial charge in [0, 0.05) is 39.3 Å². The molecular weight excluding hydrogens is 470 g/mol. The van der Waals surface area contributed by atoms with Crippen LogP contribution in [0.2, 0.25) is 0 Å². The molecule has 1 saturated heterocycles. The summed E-state index contributed by atoms with van der Waals surface area (Å²) in [5.74, 6) is 0.242. The fourth-order valence-corrected chi connectivity index (χ4v) is 6.03. The number of sulfonamides is 2. The molecule has 2 aromatic rings. The van der Waals surface area contributed by atoms with Gasteiger partial charge in [-0.2, -0.15) is 8.61 Å². The van der Waals surface area contributed by atoms with Crippen LogP contribution in [0, 0.1) is 0 Å². The van der Waals surface area contributed by atoms with Crippen LogP contribution in [0.1, 0.15) is 0 Å². The first-order valence-electron chi connectivity index (χ1n) is 10.1. The number of rotatable bonds is 8. The van der Waals surface area contributed by atoms with Crippen LogP contribution < -0.4 is 9.47 Å². The highest BCUT2D eigenvalue weighted by Crippen LogP contribution is 2.30. The molecule has 1 aliphatic heterocycles. The Labute approximate surface area is 194 Å². The number of methoxy groups -OCH3 is 2. The standard InChI is InChI=1S/C21H27N3O7S2/c1-22(32(26,27)18-9-10-19(30-2)20(15-18)31-3)16-21(25)23-11-13-24(14-12-23)33(28,29)17-7-5-4-6-8-17/h4-10,15H,11-14,16H2,1-3H3. The predicted octanol–water partition coefficient (Wildman–Crippen LogP) is 0.857. The number of carbonyl (C=O) groups is 1. The third-order valence-electron chi connectivity index (χ3n) is 5.39. The van der Waals surface area contributed by atoms with Gasteiger partial charge in [0.1, 0.15) is 0 Å². The molecule has 1 aliphatic rings. The van der Waals surface area contributed by atoms with Crippen LogP contribution in [0.25, 0.3) is 0 Å². The molecule has 1 amide bonds. The minimum absolute atomic E-state index is 0.0331. The van der Waals surface area contributed by atoms with Crippen LogP contribution >= 0.6 is 0 Å². The highest BCUT2D eigenvalue weighted by Gasteiger charge is 2.32. The van der Waals surface area contributed by atoms with Crippen molar-refractivity contribution in [2.24, 2.45) is 0 Å². The summed E-state index contributed by atoms with van der Waals surface area (Å²) in [6.45, 7) is 0.247. The number of amides is 1. The second kappa shape index (κ2) is 10.1. The van der Waals surface area contributed by atoms with Gasteiger partial charge >= 0.3 is 0 Å². The number of piperazine rings is 1. The Bertz CT molecular complexity index is 1190. The Kier molecular flexibility index (Phi) is 7.62. The lowest BCUT2D eigenvalue weighted by atomic mass is 10.3.